The van der Waals surface area contributed by atoms with Crippen molar-refractivity contribution in [3.05, 3.63) is 0 Å². The van der Waals surface area contributed by atoms with E-state index in [4.69, 9.17) is 0 Å². The molecule has 0 aliphatic carbocycles. The van der Waals surface area contributed by atoms with Crippen molar-refractivity contribution in [3.8, 4) is 0 Å². The Labute approximate surface area is 96.0 Å². The SMILES string of the molecule is CCCCCCCC(C)(C)[C@@H]1CCCN1. The highest BCUT2D eigenvalue weighted by Gasteiger charge is 2.30. The first-order valence-corrected chi connectivity index (χ1v) is 6.90. The van der Waals surface area contributed by atoms with E-state index < -0.39 is 0 Å². The smallest absolute Gasteiger partial charge is 0.0119 e. The normalized spacial score (nSPS) is 22.2. The minimum Gasteiger partial charge on any atom is -0.313 e. The van der Waals surface area contributed by atoms with Crippen molar-refractivity contribution in [1.29, 1.82) is 0 Å². The minimum atomic E-state index is 0.517. The summed E-state index contributed by atoms with van der Waals surface area (Å²) in [5.41, 5.74) is 0.517. The van der Waals surface area contributed by atoms with Crippen molar-refractivity contribution < 1.29 is 0 Å². The number of rotatable bonds is 7. The van der Waals surface area contributed by atoms with Crippen molar-refractivity contribution in [2.45, 2.75) is 78.2 Å². The zero-order valence-corrected chi connectivity index (χ0v) is 10.9. The van der Waals surface area contributed by atoms with E-state index in [1.165, 1.54) is 57.9 Å². The lowest BCUT2D eigenvalue weighted by Gasteiger charge is -2.32. The van der Waals surface area contributed by atoms with Crippen LogP contribution in [-0.2, 0) is 0 Å². The lowest BCUT2D eigenvalue weighted by Crippen LogP contribution is -2.37. The molecule has 90 valence electrons. The summed E-state index contributed by atoms with van der Waals surface area (Å²) in [6.45, 7) is 8.40. The van der Waals surface area contributed by atoms with Gasteiger partial charge >= 0.3 is 0 Å². The van der Waals surface area contributed by atoms with Gasteiger partial charge in [0.05, 0.1) is 0 Å². The standard InChI is InChI=1S/C14H29N/c1-4-5-6-7-8-11-14(2,3)13-10-9-12-15-13/h13,15H,4-12H2,1-3H3/t13-/m0/s1. The molecule has 0 radical (unpaired) electrons. The predicted molar refractivity (Wildman–Crippen MR) is 68.2 cm³/mol. The summed E-state index contributed by atoms with van der Waals surface area (Å²) in [4.78, 5) is 0. The molecule has 1 rings (SSSR count). The summed E-state index contributed by atoms with van der Waals surface area (Å²) in [7, 11) is 0. The number of nitrogens with one attached hydrogen (secondary N) is 1. The molecule has 1 heteroatoms. The first kappa shape index (κ1) is 13.0. The summed E-state index contributed by atoms with van der Waals surface area (Å²) in [5, 5.41) is 3.65. The third-order valence-electron chi connectivity index (χ3n) is 3.93. The average molecular weight is 211 g/mol. The number of hydrogen-bond acceptors (Lipinski definition) is 1. The average Bonchev–Trinajstić information content (AvgIpc) is 2.70. The van der Waals surface area contributed by atoms with Gasteiger partial charge in [0.1, 0.15) is 0 Å². The maximum absolute atomic E-state index is 3.65. The molecule has 1 nitrogen and oxygen atoms in total. The zero-order chi connectivity index (χ0) is 11.1. The van der Waals surface area contributed by atoms with Gasteiger partial charge in [0.15, 0.2) is 0 Å². The Morgan fingerprint density at radius 2 is 1.87 bits per heavy atom. The molecule has 0 aromatic heterocycles. The number of hydrogen-bond donors (Lipinski definition) is 1. The first-order chi connectivity index (χ1) is 7.17. The molecule has 1 saturated heterocycles. The summed E-state index contributed by atoms with van der Waals surface area (Å²) in [6.07, 6.45) is 11.2. The maximum atomic E-state index is 3.65. The van der Waals surface area contributed by atoms with Gasteiger partial charge in [-0.3, -0.25) is 0 Å². The van der Waals surface area contributed by atoms with Crippen LogP contribution in [0, 0.1) is 5.41 Å². The van der Waals surface area contributed by atoms with Crippen molar-refractivity contribution in [2.75, 3.05) is 6.54 Å². The second-order valence-corrected chi connectivity index (χ2v) is 5.80. The lowest BCUT2D eigenvalue weighted by atomic mass is 9.79. The van der Waals surface area contributed by atoms with Crippen LogP contribution in [0.15, 0.2) is 0 Å². The van der Waals surface area contributed by atoms with Gasteiger partial charge in [-0.05, 0) is 31.2 Å². The summed E-state index contributed by atoms with van der Waals surface area (Å²) in [5.74, 6) is 0. The zero-order valence-electron chi connectivity index (χ0n) is 10.9. The quantitative estimate of drug-likeness (QED) is 0.624. The topological polar surface area (TPSA) is 12.0 Å². The Morgan fingerprint density at radius 3 is 2.47 bits per heavy atom. The molecule has 1 atom stereocenters. The van der Waals surface area contributed by atoms with E-state index >= 15 is 0 Å². The summed E-state index contributed by atoms with van der Waals surface area (Å²) in [6, 6.07) is 0.781. The van der Waals surface area contributed by atoms with E-state index in [0.717, 1.165) is 6.04 Å². The van der Waals surface area contributed by atoms with Crippen LogP contribution in [-0.4, -0.2) is 12.6 Å². The van der Waals surface area contributed by atoms with Crippen LogP contribution in [0.1, 0.15) is 72.1 Å². The van der Waals surface area contributed by atoms with E-state index in [-0.39, 0.29) is 0 Å². The van der Waals surface area contributed by atoms with Crippen LogP contribution < -0.4 is 5.32 Å². The molecule has 15 heavy (non-hydrogen) atoms. The van der Waals surface area contributed by atoms with Gasteiger partial charge in [0.2, 0.25) is 0 Å². The van der Waals surface area contributed by atoms with E-state index in [2.05, 4.69) is 26.1 Å². The maximum Gasteiger partial charge on any atom is 0.0119 e. The molecule has 0 bridgehead atoms. The van der Waals surface area contributed by atoms with Crippen LogP contribution in [0.25, 0.3) is 0 Å². The van der Waals surface area contributed by atoms with Crippen molar-refractivity contribution >= 4 is 0 Å². The predicted octanol–water partition coefficient (Wildman–Crippen LogP) is 4.13. The molecule has 0 aromatic rings. The molecular formula is C14H29N. The largest absolute Gasteiger partial charge is 0.313 e. The second kappa shape index (κ2) is 6.52. The van der Waals surface area contributed by atoms with Gasteiger partial charge in [-0.25, -0.2) is 0 Å². The number of unbranched alkanes of at least 4 members (excludes halogenated alkanes) is 4. The van der Waals surface area contributed by atoms with E-state index in [9.17, 15) is 0 Å². The third-order valence-corrected chi connectivity index (χ3v) is 3.93. The fourth-order valence-corrected chi connectivity index (χ4v) is 2.71. The molecule has 1 fully saturated rings. The highest BCUT2D eigenvalue weighted by molar-refractivity contribution is 4.87. The monoisotopic (exact) mass is 211 g/mol. The Balaban J connectivity index is 2.12. The molecule has 0 spiro atoms. The molecule has 0 aromatic carbocycles. The highest BCUT2D eigenvalue weighted by Crippen LogP contribution is 2.32. The Hall–Kier alpha value is -0.0400. The fourth-order valence-electron chi connectivity index (χ4n) is 2.71. The molecular weight excluding hydrogens is 182 g/mol. The second-order valence-electron chi connectivity index (χ2n) is 5.80. The van der Waals surface area contributed by atoms with Crippen LogP contribution in [0.5, 0.6) is 0 Å². The van der Waals surface area contributed by atoms with Crippen molar-refractivity contribution in [1.82, 2.24) is 5.32 Å². The fraction of sp³-hybridized carbons (Fsp3) is 1.00. The van der Waals surface area contributed by atoms with Gasteiger partial charge < -0.3 is 5.32 Å². The minimum absolute atomic E-state index is 0.517. The van der Waals surface area contributed by atoms with Gasteiger partial charge in [0, 0.05) is 6.04 Å². The first-order valence-electron chi connectivity index (χ1n) is 6.90. The van der Waals surface area contributed by atoms with Crippen LogP contribution >= 0.6 is 0 Å². The molecule has 1 heterocycles. The van der Waals surface area contributed by atoms with Gasteiger partial charge in [0.25, 0.3) is 0 Å². The lowest BCUT2D eigenvalue weighted by molar-refractivity contribution is 0.234. The molecule has 0 unspecified atom stereocenters. The van der Waals surface area contributed by atoms with E-state index in [1.54, 1.807) is 0 Å². The Kier molecular flexibility index (Phi) is 5.66. The van der Waals surface area contributed by atoms with Gasteiger partial charge in [-0.1, -0.05) is 52.9 Å². The molecule has 1 aliphatic heterocycles. The third kappa shape index (κ3) is 4.55. The van der Waals surface area contributed by atoms with Crippen molar-refractivity contribution in [2.24, 2.45) is 5.41 Å². The van der Waals surface area contributed by atoms with E-state index in [0.29, 0.717) is 5.41 Å². The molecule has 0 saturated carbocycles. The molecule has 0 amide bonds. The van der Waals surface area contributed by atoms with Gasteiger partial charge in [-0.2, -0.15) is 0 Å². The van der Waals surface area contributed by atoms with Crippen LogP contribution in [0.2, 0.25) is 0 Å². The van der Waals surface area contributed by atoms with Crippen molar-refractivity contribution in [3.63, 3.8) is 0 Å². The van der Waals surface area contributed by atoms with Crippen LogP contribution in [0.4, 0.5) is 0 Å². The van der Waals surface area contributed by atoms with Crippen LogP contribution in [0.3, 0.4) is 0 Å². The Bertz CT molecular complexity index is 157. The molecule has 1 N–H and O–H groups in total. The van der Waals surface area contributed by atoms with E-state index in [1.807, 2.05) is 0 Å². The van der Waals surface area contributed by atoms with Gasteiger partial charge in [-0.15, -0.1) is 0 Å². The molecule has 1 aliphatic rings. The highest BCUT2D eigenvalue weighted by atomic mass is 15.0. The Morgan fingerprint density at radius 1 is 1.13 bits per heavy atom. The summed E-state index contributed by atoms with van der Waals surface area (Å²) < 4.78 is 0. The summed E-state index contributed by atoms with van der Waals surface area (Å²) >= 11 is 0.